The number of fused-ring (bicyclic) bond motifs is 1. The first-order valence-corrected chi connectivity index (χ1v) is 5.66. The molecule has 0 aliphatic heterocycles. The van der Waals surface area contributed by atoms with E-state index >= 15 is 0 Å². The van der Waals surface area contributed by atoms with E-state index in [1.54, 1.807) is 11.3 Å². The lowest BCUT2D eigenvalue weighted by Crippen LogP contribution is -2.04. The summed E-state index contributed by atoms with van der Waals surface area (Å²) in [6.45, 7) is 0.754. The molecule has 0 fully saturated rings. The van der Waals surface area contributed by atoms with Crippen LogP contribution in [0.25, 0.3) is 5.65 Å². The molecule has 3 rings (SSSR count). The number of rotatable bonds is 3. The summed E-state index contributed by atoms with van der Waals surface area (Å²) in [4.78, 5) is 0. The fourth-order valence-corrected chi connectivity index (χ4v) is 2.00. The zero-order valence-electron chi connectivity index (χ0n) is 8.24. The van der Waals surface area contributed by atoms with Crippen molar-refractivity contribution in [2.45, 2.75) is 6.54 Å². The van der Waals surface area contributed by atoms with Gasteiger partial charge in [0, 0.05) is 6.54 Å². The highest BCUT2D eigenvalue weighted by Gasteiger charge is 2.00. The highest BCUT2D eigenvalue weighted by Crippen LogP contribution is 2.09. The minimum atomic E-state index is 0.640. The van der Waals surface area contributed by atoms with Gasteiger partial charge in [0.05, 0.1) is 0 Å². The summed E-state index contributed by atoms with van der Waals surface area (Å²) in [7, 11) is 0. The van der Waals surface area contributed by atoms with E-state index in [-0.39, 0.29) is 0 Å². The van der Waals surface area contributed by atoms with E-state index in [4.69, 9.17) is 0 Å². The fourth-order valence-electron chi connectivity index (χ4n) is 1.33. The molecule has 0 amide bonds. The van der Waals surface area contributed by atoms with Gasteiger partial charge in [-0.05, 0) is 44.9 Å². The molecule has 16 heavy (non-hydrogen) atoms. The molecule has 0 aromatic carbocycles. The van der Waals surface area contributed by atoms with Gasteiger partial charge in [-0.3, -0.25) is 0 Å². The Morgan fingerprint density at radius 3 is 3.19 bits per heavy atom. The maximum absolute atomic E-state index is 4.21. The first kappa shape index (κ1) is 9.22. The van der Waals surface area contributed by atoms with Crippen molar-refractivity contribution in [1.82, 2.24) is 25.3 Å². The minimum absolute atomic E-state index is 0.640. The van der Waals surface area contributed by atoms with Crippen molar-refractivity contribution >= 4 is 22.8 Å². The van der Waals surface area contributed by atoms with Crippen LogP contribution in [-0.2, 0) is 6.54 Å². The molecule has 0 aliphatic carbocycles. The number of hydrogen-bond donors (Lipinski definition) is 1. The normalized spacial score (nSPS) is 10.8. The van der Waals surface area contributed by atoms with Crippen molar-refractivity contribution in [3.63, 3.8) is 0 Å². The maximum atomic E-state index is 4.21. The number of hydrogen-bond acceptors (Lipinski definition) is 6. The molecule has 80 valence electrons. The molecule has 3 aromatic heterocycles. The Hall–Kier alpha value is -2.02. The molecule has 0 saturated heterocycles. The topological polar surface area (TPSA) is 68.0 Å². The molecule has 3 heterocycles. The van der Waals surface area contributed by atoms with E-state index in [9.17, 15) is 0 Å². The largest absolute Gasteiger partial charge is 0.364 e. The van der Waals surface area contributed by atoms with E-state index in [0.29, 0.717) is 5.65 Å². The van der Waals surface area contributed by atoms with E-state index in [1.807, 2.05) is 12.1 Å². The Morgan fingerprint density at radius 2 is 2.31 bits per heavy atom. The summed E-state index contributed by atoms with van der Waals surface area (Å²) >= 11 is 1.68. The molecule has 0 unspecified atom stereocenters. The van der Waals surface area contributed by atoms with E-state index in [1.165, 1.54) is 10.2 Å². The van der Waals surface area contributed by atoms with Crippen LogP contribution in [0, 0.1) is 0 Å². The number of nitrogens with zero attached hydrogens (tertiary/aromatic N) is 5. The summed E-state index contributed by atoms with van der Waals surface area (Å²) in [5.41, 5.74) is 1.88. The van der Waals surface area contributed by atoms with Gasteiger partial charge in [0.25, 0.3) is 0 Å². The number of aromatic nitrogens is 5. The number of thiophene rings is 1. The molecule has 6 nitrogen and oxygen atoms in total. The second kappa shape index (κ2) is 3.86. The first-order valence-electron chi connectivity index (χ1n) is 4.72. The van der Waals surface area contributed by atoms with Gasteiger partial charge in [-0.25, -0.2) is 0 Å². The van der Waals surface area contributed by atoms with Gasteiger partial charge in [-0.15, -0.1) is 14.8 Å². The van der Waals surface area contributed by atoms with Crippen molar-refractivity contribution in [1.29, 1.82) is 0 Å². The molecule has 3 aromatic rings. The Kier molecular flexibility index (Phi) is 2.22. The van der Waals surface area contributed by atoms with Crippen LogP contribution in [-0.4, -0.2) is 25.3 Å². The average molecular weight is 232 g/mol. The molecule has 0 spiro atoms. The standard InChI is InChI=1S/C9H8N6S/c1-2-9-11-13-14-15(9)12-8(1)10-5-7-3-4-16-6-7/h1-4,6H,5H2,(H,10,12). The van der Waals surface area contributed by atoms with Crippen molar-refractivity contribution < 1.29 is 0 Å². The van der Waals surface area contributed by atoms with Gasteiger partial charge in [0.1, 0.15) is 5.82 Å². The molecule has 0 saturated carbocycles. The van der Waals surface area contributed by atoms with E-state index in [2.05, 4.69) is 42.8 Å². The summed E-state index contributed by atoms with van der Waals surface area (Å²) in [6.07, 6.45) is 0. The Bertz CT molecular complexity index is 587. The summed E-state index contributed by atoms with van der Waals surface area (Å²) < 4.78 is 1.40. The third-order valence-corrected chi connectivity index (χ3v) is 2.86. The Labute approximate surface area is 94.9 Å². The van der Waals surface area contributed by atoms with Gasteiger partial charge in [-0.2, -0.15) is 11.3 Å². The van der Waals surface area contributed by atoms with Crippen molar-refractivity contribution in [2.24, 2.45) is 0 Å². The Balaban J connectivity index is 1.78. The van der Waals surface area contributed by atoms with Crippen LogP contribution in [0.3, 0.4) is 0 Å². The van der Waals surface area contributed by atoms with Crippen molar-refractivity contribution in [3.8, 4) is 0 Å². The van der Waals surface area contributed by atoms with E-state index < -0.39 is 0 Å². The predicted molar refractivity (Wildman–Crippen MR) is 60.2 cm³/mol. The molecular formula is C9H8N6S. The first-order chi connectivity index (χ1) is 7.92. The number of tetrazole rings is 1. The highest BCUT2D eigenvalue weighted by atomic mass is 32.1. The van der Waals surface area contributed by atoms with Gasteiger partial charge in [0.2, 0.25) is 0 Å². The lowest BCUT2D eigenvalue weighted by molar-refractivity contribution is 0.734. The van der Waals surface area contributed by atoms with Gasteiger partial charge in [0.15, 0.2) is 5.65 Å². The lowest BCUT2D eigenvalue weighted by Gasteiger charge is -2.02. The fraction of sp³-hybridized carbons (Fsp3) is 0.111. The second-order valence-corrected chi connectivity index (χ2v) is 4.01. The van der Waals surface area contributed by atoms with Crippen molar-refractivity contribution in [3.05, 3.63) is 34.5 Å². The van der Waals surface area contributed by atoms with Crippen molar-refractivity contribution in [2.75, 3.05) is 5.32 Å². The van der Waals surface area contributed by atoms with Crippen LogP contribution in [0.2, 0.25) is 0 Å². The van der Waals surface area contributed by atoms with Crippen LogP contribution in [0.5, 0.6) is 0 Å². The van der Waals surface area contributed by atoms with Gasteiger partial charge in [-0.1, -0.05) is 0 Å². The monoisotopic (exact) mass is 232 g/mol. The second-order valence-electron chi connectivity index (χ2n) is 3.23. The third-order valence-electron chi connectivity index (χ3n) is 2.12. The smallest absolute Gasteiger partial charge is 0.200 e. The van der Waals surface area contributed by atoms with Crippen LogP contribution in [0.4, 0.5) is 5.82 Å². The zero-order chi connectivity index (χ0) is 10.8. The average Bonchev–Trinajstić information content (AvgIpc) is 2.97. The quantitative estimate of drug-likeness (QED) is 0.734. The summed E-state index contributed by atoms with van der Waals surface area (Å²) in [6, 6.07) is 5.76. The van der Waals surface area contributed by atoms with Crippen LogP contribution >= 0.6 is 11.3 Å². The Morgan fingerprint density at radius 1 is 1.31 bits per heavy atom. The van der Waals surface area contributed by atoms with Gasteiger partial charge < -0.3 is 5.32 Å². The molecular weight excluding hydrogens is 224 g/mol. The highest BCUT2D eigenvalue weighted by molar-refractivity contribution is 7.07. The van der Waals surface area contributed by atoms with Crippen LogP contribution in [0.1, 0.15) is 5.56 Å². The molecule has 0 aliphatic rings. The SMILES string of the molecule is c1cc(CNc2ccc3nnnn3n2)cs1. The van der Waals surface area contributed by atoms with E-state index in [0.717, 1.165) is 12.4 Å². The molecule has 0 atom stereocenters. The predicted octanol–water partition coefficient (Wildman–Crippen LogP) is 1.19. The minimum Gasteiger partial charge on any atom is -0.364 e. The molecule has 0 radical (unpaired) electrons. The molecule has 7 heteroatoms. The summed E-state index contributed by atoms with van der Waals surface area (Å²) in [5, 5.41) is 22.6. The number of nitrogens with one attached hydrogen (secondary N) is 1. The summed E-state index contributed by atoms with van der Waals surface area (Å²) in [5.74, 6) is 0.756. The molecule has 1 N–H and O–H groups in total. The maximum Gasteiger partial charge on any atom is 0.200 e. The van der Waals surface area contributed by atoms with Crippen LogP contribution in [0.15, 0.2) is 29.0 Å². The van der Waals surface area contributed by atoms with Gasteiger partial charge >= 0.3 is 0 Å². The number of anilines is 1. The molecule has 0 bridgehead atoms. The zero-order valence-corrected chi connectivity index (χ0v) is 9.05. The third kappa shape index (κ3) is 1.72. The van der Waals surface area contributed by atoms with Crippen LogP contribution < -0.4 is 5.32 Å². The lowest BCUT2D eigenvalue weighted by atomic mass is 10.3.